The average molecular weight is 640 g/mol. The lowest BCUT2D eigenvalue weighted by molar-refractivity contribution is 0.953. The first-order valence-corrected chi connectivity index (χ1v) is 16.8. The van der Waals surface area contributed by atoms with Crippen molar-refractivity contribution in [2.75, 3.05) is 0 Å². The minimum absolute atomic E-state index is 0.578. The van der Waals surface area contributed by atoms with Crippen LogP contribution in [0.25, 0.3) is 89.2 Å². The van der Waals surface area contributed by atoms with Gasteiger partial charge in [0.1, 0.15) is 0 Å². The van der Waals surface area contributed by atoms with Crippen LogP contribution < -0.4 is 0 Å². The first kappa shape index (κ1) is 28.2. The maximum atomic E-state index is 5.21. The van der Waals surface area contributed by atoms with E-state index in [1.54, 1.807) is 0 Å². The third kappa shape index (κ3) is 4.52. The van der Waals surface area contributed by atoms with Crippen molar-refractivity contribution in [1.29, 1.82) is 0 Å². The highest BCUT2D eigenvalue weighted by Gasteiger charge is 2.21. The zero-order valence-corrected chi connectivity index (χ0v) is 27.0. The van der Waals surface area contributed by atoms with Gasteiger partial charge in [0.15, 0.2) is 11.6 Å². The number of benzene rings is 7. The molecule has 3 aromatic heterocycles. The van der Waals surface area contributed by atoms with Crippen LogP contribution in [0.15, 0.2) is 176 Å². The summed E-state index contributed by atoms with van der Waals surface area (Å²) in [5.41, 5.74) is 9.68. The summed E-state index contributed by atoms with van der Waals surface area (Å²) in [5.74, 6) is 1.83. The van der Waals surface area contributed by atoms with Crippen LogP contribution in [0.4, 0.5) is 0 Å². The molecule has 0 bridgehead atoms. The molecule has 0 N–H and O–H groups in total. The van der Waals surface area contributed by atoms with E-state index in [-0.39, 0.29) is 0 Å². The first-order valence-electron chi connectivity index (χ1n) is 16.8. The van der Waals surface area contributed by atoms with Crippen LogP contribution >= 0.6 is 0 Å². The standard InChI is InChI=1S/C45H29N5/c1-4-14-30(15-5-1)31-24-26-33(27-25-31)44-46-43(32-16-6-2-7-17-32)47-45(48-44)50-40-23-13-11-21-36(40)38-28-37-35-20-10-12-22-39(35)49(41(37)29-42(38)50)34-18-8-3-9-19-34/h1-29H. The molecule has 0 aliphatic rings. The fraction of sp³-hybridized carbons (Fsp3) is 0. The van der Waals surface area contributed by atoms with E-state index in [0.29, 0.717) is 17.6 Å². The molecule has 0 aliphatic heterocycles. The number of aromatic nitrogens is 5. The minimum atomic E-state index is 0.578. The van der Waals surface area contributed by atoms with Crippen LogP contribution in [0, 0.1) is 0 Å². The van der Waals surface area contributed by atoms with Crippen molar-refractivity contribution >= 4 is 43.6 Å². The second kappa shape index (κ2) is 11.4. The van der Waals surface area contributed by atoms with Crippen molar-refractivity contribution in [1.82, 2.24) is 24.1 Å². The molecule has 0 fully saturated rings. The predicted octanol–water partition coefficient (Wildman–Crippen LogP) is 11.1. The second-order valence-electron chi connectivity index (χ2n) is 12.5. The monoisotopic (exact) mass is 639 g/mol. The number of hydrogen-bond donors (Lipinski definition) is 0. The lowest BCUT2D eigenvalue weighted by Gasteiger charge is -2.12. The van der Waals surface area contributed by atoms with Crippen molar-refractivity contribution in [3.8, 4) is 45.5 Å². The van der Waals surface area contributed by atoms with Crippen molar-refractivity contribution in [3.05, 3.63) is 176 Å². The van der Waals surface area contributed by atoms with E-state index in [1.807, 2.05) is 24.3 Å². The number of hydrogen-bond acceptors (Lipinski definition) is 3. The summed E-state index contributed by atoms with van der Waals surface area (Å²) in [6.07, 6.45) is 0. The van der Waals surface area contributed by atoms with Gasteiger partial charge < -0.3 is 4.57 Å². The van der Waals surface area contributed by atoms with Crippen LogP contribution in [0.1, 0.15) is 0 Å². The van der Waals surface area contributed by atoms with Gasteiger partial charge in [0, 0.05) is 38.4 Å². The zero-order valence-electron chi connectivity index (χ0n) is 27.0. The first-order chi connectivity index (χ1) is 24.8. The predicted molar refractivity (Wildman–Crippen MR) is 205 cm³/mol. The minimum Gasteiger partial charge on any atom is -0.309 e. The molecular formula is C45H29N5. The summed E-state index contributed by atoms with van der Waals surface area (Å²) >= 11 is 0. The Morgan fingerprint density at radius 1 is 0.300 bits per heavy atom. The molecule has 0 aliphatic carbocycles. The molecule has 5 nitrogen and oxygen atoms in total. The summed E-state index contributed by atoms with van der Waals surface area (Å²) in [7, 11) is 0. The van der Waals surface area contributed by atoms with Crippen LogP contribution in [0.5, 0.6) is 0 Å². The van der Waals surface area contributed by atoms with Crippen LogP contribution in [0.2, 0.25) is 0 Å². The molecular weight excluding hydrogens is 611 g/mol. The number of fused-ring (bicyclic) bond motifs is 6. The highest BCUT2D eigenvalue weighted by molar-refractivity contribution is 6.19. The van der Waals surface area contributed by atoms with Gasteiger partial charge >= 0.3 is 0 Å². The summed E-state index contributed by atoms with van der Waals surface area (Å²) in [6.45, 7) is 0. The number of para-hydroxylation sites is 3. The Morgan fingerprint density at radius 2 is 0.740 bits per heavy atom. The number of rotatable bonds is 5. The Hall–Kier alpha value is -6.85. The topological polar surface area (TPSA) is 48.5 Å². The Morgan fingerprint density at radius 3 is 1.36 bits per heavy atom. The van der Waals surface area contributed by atoms with Gasteiger partial charge in [-0.2, -0.15) is 9.97 Å². The molecule has 0 saturated carbocycles. The van der Waals surface area contributed by atoms with Crippen molar-refractivity contribution < 1.29 is 0 Å². The maximum absolute atomic E-state index is 5.21. The molecule has 10 rings (SSSR count). The van der Waals surface area contributed by atoms with Gasteiger partial charge in [-0.05, 0) is 47.5 Å². The molecule has 0 unspecified atom stereocenters. The fourth-order valence-electron chi connectivity index (χ4n) is 7.25. The summed E-state index contributed by atoms with van der Waals surface area (Å²) < 4.78 is 4.56. The third-order valence-corrected chi connectivity index (χ3v) is 9.59. The maximum Gasteiger partial charge on any atom is 0.238 e. The highest BCUT2D eigenvalue weighted by atomic mass is 15.2. The summed E-state index contributed by atoms with van der Waals surface area (Å²) in [6, 6.07) is 61.4. The molecule has 3 heterocycles. The molecule has 7 aromatic carbocycles. The van der Waals surface area contributed by atoms with Crippen LogP contribution in [-0.4, -0.2) is 24.1 Å². The van der Waals surface area contributed by atoms with Crippen LogP contribution in [0.3, 0.4) is 0 Å². The van der Waals surface area contributed by atoms with E-state index in [1.165, 1.54) is 21.9 Å². The summed E-state index contributed by atoms with van der Waals surface area (Å²) in [5, 5.41) is 4.73. The third-order valence-electron chi connectivity index (χ3n) is 9.59. The molecule has 0 saturated heterocycles. The summed E-state index contributed by atoms with van der Waals surface area (Å²) in [4.78, 5) is 15.4. The van der Waals surface area contributed by atoms with E-state index in [2.05, 4.69) is 161 Å². The molecule has 0 spiro atoms. The van der Waals surface area contributed by atoms with E-state index in [9.17, 15) is 0 Å². The largest absolute Gasteiger partial charge is 0.309 e. The van der Waals surface area contributed by atoms with Gasteiger partial charge in [-0.3, -0.25) is 4.57 Å². The van der Waals surface area contributed by atoms with Crippen molar-refractivity contribution in [2.24, 2.45) is 0 Å². The number of nitrogens with zero attached hydrogens (tertiary/aromatic N) is 5. The quantitative estimate of drug-likeness (QED) is 0.188. The Kier molecular flexibility index (Phi) is 6.42. The van der Waals surface area contributed by atoms with E-state index in [4.69, 9.17) is 15.0 Å². The molecule has 0 radical (unpaired) electrons. The van der Waals surface area contributed by atoms with E-state index < -0.39 is 0 Å². The zero-order chi connectivity index (χ0) is 33.0. The molecule has 50 heavy (non-hydrogen) atoms. The SMILES string of the molecule is c1ccc(-c2ccc(-c3nc(-c4ccccc4)nc(-n4c5ccccc5c5cc6c7ccccc7n(-c7ccccc7)c6cc54)n3)cc2)cc1. The Labute approximate surface area is 288 Å². The normalized spacial score (nSPS) is 11.6. The molecule has 0 amide bonds. The van der Waals surface area contributed by atoms with E-state index >= 15 is 0 Å². The lowest BCUT2D eigenvalue weighted by atomic mass is 10.0. The highest BCUT2D eigenvalue weighted by Crippen LogP contribution is 2.39. The molecule has 0 atom stereocenters. The van der Waals surface area contributed by atoms with E-state index in [0.717, 1.165) is 49.7 Å². The molecule has 234 valence electrons. The van der Waals surface area contributed by atoms with Crippen molar-refractivity contribution in [2.45, 2.75) is 0 Å². The Balaban J connectivity index is 1.25. The fourth-order valence-corrected chi connectivity index (χ4v) is 7.25. The van der Waals surface area contributed by atoms with Crippen LogP contribution in [-0.2, 0) is 0 Å². The van der Waals surface area contributed by atoms with Gasteiger partial charge in [-0.1, -0.05) is 140 Å². The smallest absolute Gasteiger partial charge is 0.238 e. The van der Waals surface area contributed by atoms with Gasteiger partial charge in [0.25, 0.3) is 0 Å². The van der Waals surface area contributed by atoms with Crippen molar-refractivity contribution in [3.63, 3.8) is 0 Å². The Bertz CT molecular complexity index is 2840. The average Bonchev–Trinajstić information content (AvgIpc) is 3.70. The van der Waals surface area contributed by atoms with Gasteiger partial charge in [0.05, 0.1) is 22.1 Å². The molecule has 5 heteroatoms. The van der Waals surface area contributed by atoms with Gasteiger partial charge in [-0.15, -0.1) is 0 Å². The lowest BCUT2D eigenvalue weighted by Crippen LogP contribution is -2.06. The van der Waals surface area contributed by atoms with Gasteiger partial charge in [-0.25, -0.2) is 4.98 Å². The molecule has 10 aromatic rings. The van der Waals surface area contributed by atoms with Gasteiger partial charge in [0.2, 0.25) is 5.95 Å². The second-order valence-corrected chi connectivity index (χ2v) is 12.5.